The number of hydrogen-bond acceptors (Lipinski definition) is 6. The smallest absolute Gasteiger partial charge is 0.242 e. The number of aromatic nitrogens is 3. The minimum Gasteiger partial charge on any atom is -0.492 e. The van der Waals surface area contributed by atoms with E-state index in [4.69, 9.17) is 4.74 Å². The number of thiophene rings is 1. The molecule has 1 atom stereocenters. The summed E-state index contributed by atoms with van der Waals surface area (Å²) in [5, 5.41) is 14.4. The summed E-state index contributed by atoms with van der Waals surface area (Å²) in [5.41, 5.74) is 1.57. The molecule has 1 aliphatic rings. The molecule has 0 saturated heterocycles. The van der Waals surface area contributed by atoms with E-state index < -0.39 is 5.25 Å². The number of nitrogens with zero attached hydrogens (tertiary/aromatic N) is 3. The zero-order valence-corrected chi connectivity index (χ0v) is 19.8. The summed E-state index contributed by atoms with van der Waals surface area (Å²) in [7, 11) is 0. The van der Waals surface area contributed by atoms with Gasteiger partial charge in [-0.2, -0.15) is 0 Å². The maximum Gasteiger partial charge on any atom is 0.242 e. The van der Waals surface area contributed by atoms with Crippen molar-refractivity contribution in [1.29, 1.82) is 0 Å². The number of benzene rings is 2. The second-order valence-corrected chi connectivity index (χ2v) is 9.73. The molecule has 1 saturated carbocycles. The van der Waals surface area contributed by atoms with Crippen molar-refractivity contribution in [3.05, 3.63) is 77.7 Å². The molecule has 6 nitrogen and oxygen atoms in total. The normalized spacial score (nSPS) is 14.1. The molecule has 1 amide bonds. The van der Waals surface area contributed by atoms with Crippen molar-refractivity contribution < 1.29 is 9.53 Å². The zero-order valence-electron chi connectivity index (χ0n) is 18.2. The Morgan fingerprint density at radius 1 is 1.12 bits per heavy atom. The van der Waals surface area contributed by atoms with Crippen LogP contribution >= 0.6 is 23.1 Å². The van der Waals surface area contributed by atoms with Crippen LogP contribution in [0.5, 0.6) is 5.75 Å². The third-order valence-electron chi connectivity index (χ3n) is 5.33. The van der Waals surface area contributed by atoms with Crippen LogP contribution in [-0.4, -0.2) is 27.3 Å². The molecule has 5 rings (SSSR count). The van der Waals surface area contributed by atoms with Crippen LogP contribution in [-0.2, 0) is 4.79 Å². The average Bonchev–Trinajstić information content (AvgIpc) is 3.36. The summed E-state index contributed by atoms with van der Waals surface area (Å²) in [5.74, 6) is 1.41. The van der Waals surface area contributed by atoms with Gasteiger partial charge in [0.15, 0.2) is 11.0 Å². The molecular weight excluding hydrogens is 452 g/mol. The highest BCUT2D eigenvalue weighted by Gasteiger charge is 2.33. The van der Waals surface area contributed by atoms with E-state index in [0.29, 0.717) is 24.1 Å². The Morgan fingerprint density at radius 3 is 2.64 bits per heavy atom. The van der Waals surface area contributed by atoms with Crippen LogP contribution in [0.15, 0.2) is 77.3 Å². The molecule has 1 N–H and O–H groups in total. The minimum absolute atomic E-state index is 0.124. The lowest BCUT2D eigenvalue weighted by Gasteiger charge is -2.18. The second-order valence-electron chi connectivity index (χ2n) is 7.71. The topological polar surface area (TPSA) is 69.0 Å². The Kier molecular flexibility index (Phi) is 6.46. The molecule has 0 spiro atoms. The van der Waals surface area contributed by atoms with Crippen LogP contribution in [0.25, 0.3) is 10.7 Å². The third-order valence-corrected chi connectivity index (χ3v) is 7.40. The number of para-hydroxylation sites is 2. The van der Waals surface area contributed by atoms with Gasteiger partial charge in [-0.15, -0.1) is 21.5 Å². The molecular formula is C25H24N4O2S2. The standard InChI is InChI=1S/C25H24N4O2S2/c1-2-31-20-12-7-6-11-19(20)26-24(30)22(17-9-4-3-5-10-17)33-25-28-27-23(21-13-8-16-32-21)29(25)18-14-15-18/h3-13,16,18,22H,2,14-15H2,1H3,(H,26,30)/t22-/m1/s1. The van der Waals surface area contributed by atoms with E-state index in [1.54, 1.807) is 11.3 Å². The Hall–Kier alpha value is -3.10. The maximum absolute atomic E-state index is 13.6. The van der Waals surface area contributed by atoms with Gasteiger partial charge in [-0.3, -0.25) is 9.36 Å². The van der Waals surface area contributed by atoms with Gasteiger partial charge in [-0.1, -0.05) is 60.3 Å². The fraction of sp³-hybridized carbons (Fsp3) is 0.240. The van der Waals surface area contributed by atoms with Gasteiger partial charge in [0, 0.05) is 6.04 Å². The second kappa shape index (κ2) is 9.80. The molecule has 2 aromatic carbocycles. The van der Waals surface area contributed by atoms with Crippen molar-refractivity contribution in [3.63, 3.8) is 0 Å². The molecule has 2 heterocycles. The largest absolute Gasteiger partial charge is 0.492 e. The van der Waals surface area contributed by atoms with Gasteiger partial charge in [0.05, 0.1) is 17.2 Å². The molecule has 0 unspecified atom stereocenters. The van der Waals surface area contributed by atoms with Crippen LogP contribution < -0.4 is 10.1 Å². The molecule has 1 aliphatic carbocycles. The van der Waals surface area contributed by atoms with Crippen LogP contribution in [0, 0.1) is 0 Å². The molecule has 1 fully saturated rings. The van der Waals surface area contributed by atoms with Crippen LogP contribution in [0.2, 0.25) is 0 Å². The van der Waals surface area contributed by atoms with Gasteiger partial charge in [-0.25, -0.2) is 0 Å². The predicted octanol–water partition coefficient (Wildman–Crippen LogP) is 6.21. The van der Waals surface area contributed by atoms with Gasteiger partial charge in [0.1, 0.15) is 11.0 Å². The highest BCUT2D eigenvalue weighted by Crippen LogP contribution is 2.45. The fourth-order valence-electron chi connectivity index (χ4n) is 3.65. The molecule has 33 heavy (non-hydrogen) atoms. The first-order valence-electron chi connectivity index (χ1n) is 11.0. The van der Waals surface area contributed by atoms with Crippen LogP contribution in [0.4, 0.5) is 5.69 Å². The molecule has 4 aromatic rings. The van der Waals surface area contributed by atoms with E-state index >= 15 is 0 Å². The number of carbonyl (C=O) groups is 1. The summed E-state index contributed by atoms with van der Waals surface area (Å²) in [6.45, 7) is 2.46. The monoisotopic (exact) mass is 476 g/mol. The number of hydrogen-bond donors (Lipinski definition) is 1. The van der Waals surface area contributed by atoms with Crippen LogP contribution in [0.1, 0.15) is 36.6 Å². The Morgan fingerprint density at radius 2 is 1.91 bits per heavy atom. The SMILES string of the molecule is CCOc1ccccc1NC(=O)[C@H](Sc1nnc(-c2cccs2)n1C1CC1)c1ccccc1. The average molecular weight is 477 g/mol. The summed E-state index contributed by atoms with van der Waals surface area (Å²) < 4.78 is 7.90. The predicted molar refractivity (Wildman–Crippen MR) is 133 cm³/mol. The molecule has 168 valence electrons. The summed E-state index contributed by atoms with van der Waals surface area (Å²) >= 11 is 3.10. The molecule has 8 heteroatoms. The van der Waals surface area contributed by atoms with Crippen molar-refractivity contribution in [2.45, 2.75) is 36.2 Å². The van der Waals surface area contributed by atoms with E-state index in [2.05, 4.69) is 26.1 Å². The maximum atomic E-state index is 13.6. The van der Waals surface area contributed by atoms with Gasteiger partial charge in [0.2, 0.25) is 5.91 Å². The Bertz CT molecular complexity index is 1220. The van der Waals surface area contributed by atoms with Gasteiger partial charge in [0.25, 0.3) is 0 Å². The van der Waals surface area contributed by atoms with Crippen molar-refractivity contribution in [2.75, 3.05) is 11.9 Å². The molecule has 0 radical (unpaired) electrons. The van der Waals surface area contributed by atoms with E-state index in [0.717, 1.165) is 34.3 Å². The number of thioether (sulfide) groups is 1. The lowest BCUT2D eigenvalue weighted by molar-refractivity contribution is -0.115. The highest BCUT2D eigenvalue weighted by atomic mass is 32.2. The molecule has 0 bridgehead atoms. The first-order chi connectivity index (χ1) is 16.2. The zero-order chi connectivity index (χ0) is 22.6. The number of amides is 1. The van der Waals surface area contributed by atoms with Crippen molar-refractivity contribution in [1.82, 2.24) is 14.8 Å². The van der Waals surface area contributed by atoms with Crippen molar-refractivity contribution in [2.24, 2.45) is 0 Å². The van der Waals surface area contributed by atoms with E-state index in [-0.39, 0.29) is 5.91 Å². The number of ether oxygens (including phenoxy) is 1. The quantitative estimate of drug-likeness (QED) is 0.291. The minimum atomic E-state index is -0.487. The highest BCUT2D eigenvalue weighted by molar-refractivity contribution is 8.00. The number of rotatable bonds is 9. The summed E-state index contributed by atoms with van der Waals surface area (Å²) in [6, 6.07) is 21.8. The van der Waals surface area contributed by atoms with Crippen LogP contribution in [0.3, 0.4) is 0 Å². The van der Waals surface area contributed by atoms with Crippen molar-refractivity contribution >= 4 is 34.7 Å². The third kappa shape index (κ3) is 4.82. The Labute approximate surface area is 201 Å². The number of nitrogens with one attached hydrogen (secondary N) is 1. The summed E-state index contributed by atoms with van der Waals surface area (Å²) in [6.07, 6.45) is 2.21. The van der Waals surface area contributed by atoms with Gasteiger partial charge >= 0.3 is 0 Å². The Balaban J connectivity index is 1.47. The van der Waals surface area contributed by atoms with E-state index in [1.807, 2.05) is 73.0 Å². The number of anilines is 1. The van der Waals surface area contributed by atoms with Gasteiger partial charge in [-0.05, 0) is 48.9 Å². The first kappa shape index (κ1) is 21.7. The first-order valence-corrected chi connectivity index (χ1v) is 12.7. The lowest BCUT2D eigenvalue weighted by Crippen LogP contribution is -2.20. The molecule has 0 aliphatic heterocycles. The fourth-order valence-corrected chi connectivity index (χ4v) is 5.46. The van der Waals surface area contributed by atoms with E-state index in [1.165, 1.54) is 11.8 Å². The van der Waals surface area contributed by atoms with Crippen molar-refractivity contribution in [3.8, 4) is 16.5 Å². The molecule has 2 aromatic heterocycles. The van der Waals surface area contributed by atoms with Gasteiger partial charge < -0.3 is 10.1 Å². The number of carbonyl (C=O) groups excluding carboxylic acids is 1. The summed E-state index contributed by atoms with van der Waals surface area (Å²) in [4.78, 5) is 14.7. The lowest BCUT2D eigenvalue weighted by atomic mass is 10.1. The van der Waals surface area contributed by atoms with E-state index in [9.17, 15) is 4.79 Å².